The molecule has 2 aromatic rings. The largest absolute Gasteiger partial charge is 0.481 e. The van der Waals surface area contributed by atoms with Crippen molar-refractivity contribution in [2.45, 2.75) is 96.6 Å². The fourth-order valence-electron chi connectivity index (χ4n) is 6.77. The van der Waals surface area contributed by atoms with Gasteiger partial charge in [0.05, 0.1) is 12.8 Å². The van der Waals surface area contributed by atoms with Crippen LogP contribution in [-0.2, 0) is 43.8 Å². The number of fused-ring (bicyclic) bond motifs is 2. The van der Waals surface area contributed by atoms with Crippen molar-refractivity contribution >= 4 is 17.7 Å². The molecular weight excluding hydrogens is 523 g/mol. The minimum atomic E-state index is -0.803. The van der Waals surface area contributed by atoms with Gasteiger partial charge in [0.15, 0.2) is 5.78 Å². The molecule has 0 spiro atoms. The number of aromatic nitrogens is 1. The Morgan fingerprint density at radius 1 is 1.12 bits per heavy atom. The van der Waals surface area contributed by atoms with Gasteiger partial charge in [0.2, 0.25) is 11.8 Å². The normalized spacial score (nSPS) is 22.8. The SMILES string of the molecule is COc1ccc2c(n1)CCN(C(=O)C1CC(CC(=O)OC(C)(C)C)C1)C2C(=O)Cc1cc(F)c2c(c1)CCC2(C)C. The first-order valence-corrected chi connectivity index (χ1v) is 14.7. The van der Waals surface area contributed by atoms with Crippen LogP contribution in [0.3, 0.4) is 0 Å². The molecule has 1 atom stereocenters. The number of esters is 1. The van der Waals surface area contributed by atoms with Crippen molar-refractivity contribution in [2.75, 3.05) is 13.7 Å². The third-order valence-corrected chi connectivity index (χ3v) is 8.74. The molecule has 8 heteroatoms. The number of amides is 1. The number of hydrogen-bond acceptors (Lipinski definition) is 6. The van der Waals surface area contributed by atoms with Gasteiger partial charge in [0.1, 0.15) is 17.5 Å². The number of ether oxygens (including phenoxy) is 2. The average Bonchev–Trinajstić information content (AvgIpc) is 3.17. The topological polar surface area (TPSA) is 85.8 Å². The second kappa shape index (κ2) is 10.8. The molecule has 220 valence electrons. The Hall–Kier alpha value is -3.29. The molecule has 5 rings (SSSR count). The summed E-state index contributed by atoms with van der Waals surface area (Å²) in [4.78, 5) is 46.3. The molecule has 0 radical (unpaired) electrons. The Labute approximate surface area is 241 Å². The van der Waals surface area contributed by atoms with Crippen molar-refractivity contribution in [3.63, 3.8) is 0 Å². The summed E-state index contributed by atoms with van der Waals surface area (Å²) < 4.78 is 26.0. The summed E-state index contributed by atoms with van der Waals surface area (Å²) in [6.45, 7) is 9.98. The van der Waals surface area contributed by atoms with E-state index in [0.717, 1.165) is 29.7 Å². The zero-order valence-corrected chi connectivity index (χ0v) is 25.0. The van der Waals surface area contributed by atoms with Crippen LogP contribution >= 0.6 is 0 Å². The lowest BCUT2D eigenvalue weighted by atomic mass is 9.72. The number of Topliss-reactive ketones (excluding diaryl/α,β-unsaturated/α-hetero) is 1. The lowest BCUT2D eigenvalue weighted by Crippen LogP contribution is -2.49. The molecule has 1 aromatic heterocycles. The Morgan fingerprint density at radius 2 is 1.85 bits per heavy atom. The first kappa shape index (κ1) is 29.2. The molecule has 7 nitrogen and oxygen atoms in total. The molecule has 2 aliphatic carbocycles. The molecule has 0 saturated heterocycles. The lowest BCUT2D eigenvalue weighted by molar-refractivity contribution is -0.159. The van der Waals surface area contributed by atoms with E-state index in [9.17, 15) is 14.4 Å². The maximum atomic E-state index is 15.2. The van der Waals surface area contributed by atoms with Crippen molar-refractivity contribution in [3.05, 3.63) is 58.0 Å². The summed E-state index contributed by atoms with van der Waals surface area (Å²) in [5.41, 5.74) is 3.02. The summed E-state index contributed by atoms with van der Waals surface area (Å²) >= 11 is 0. The van der Waals surface area contributed by atoms with Gasteiger partial charge in [-0.2, -0.15) is 0 Å². The van der Waals surface area contributed by atoms with Crippen LogP contribution in [0.2, 0.25) is 0 Å². The monoisotopic (exact) mass is 564 g/mol. The molecule has 3 aliphatic rings. The van der Waals surface area contributed by atoms with Crippen molar-refractivity contribution in [3.8, 4) is 5.88 Å². The molecule has 0 N–H and O–H groups in total. The number of benzene rings is 1. The van der Waals surface area contributed by atoms with E-state index in [0.29, 0.717) is 42.8 Å². The van der Waals surface area contributed by atoms with Crippen LogP contribution in [0.4, 0.5) is 4.39 Å². The molecule has 1 fully saturated rings. The fraction of sp³-hybridized carbons (Fsp3) is 0.576. The predicted octanol–water partition coefficient (Wildman–Crippen LogP) is 5.45. The van der Waals surface area contributed by atoms with Crippen molar-refractivity contribution in [2.24, 2.45) is 11.8 Å². The number of methoxy groups -OCH3 is 1. The molecule has 1 saturated carbocycles. The molecular formula is C33H41FN2O5. The van der Waals surface area contributed by atoms with Gasteiger partial charge in [-0.15, -0.1) is 0 Å². The summed E-state index contributed by atoms with van der Waals surface area (Å²) in [5.74, 6) is -0.443. The lowest BCUT2D eigenvalue weighted by Gasteiger charge is -2.42. The molecule has 1 unspecified atom stereocenters. The van der Waals surface area contributed by atoms with Crippen molar-refractivity contribution in [1.29, 1.82) is 0 Å². The first-order chi connectivity index (χ1) is 19.3. The van der Waals surface area contributed by atoms with E-state index < -0.39 is 11.6 Å². The molecule has 2 heterocycles. The average molecular weight is 565 g/mol. The van der Waals surface area contributed by atoms with Crippen molar-refractivity contribution < 1.29 is 28.2 Å². The van der Waals surface area contributed by atoms with Crippen LogP contribution in [0.15, 0.2) is 24.3 Å². The van der Waals surface area contributed by atoms with Gasteiger partial charge in [-0.3, -0.25) is 14.4 Å². The van der Waals surface area contributed by atoms with Gasteiger partial charge in [-0.05, 0) is 86.6 Å². The Balaban J connectivity index is 1.35. The first-order valence-electron chi connectivity index (χ1n) is 14.7. The van der Waals surface area contributed by atoms with Crippen LogP contribution in [0.1, 0.15) is 94.3 Å². The van der Waals surface area contributed by atoms with E-state index in [1.54, 1.807) is 18.1 Å². The van der Waals surface area contributed by atoms with E-state index in [2.05, 4.69) is 18.8 Å². The molecule has 41 heavy (non-hydrogen) atoms. The number of aryl methyl sites for hydroxylation is 1. The highest BCUT2D eigenvalue weighted by molar-refractivity contribution is 5.93. The number of pyridine rings is 1. The Kier molecular flexibility index (Phi) is 7.72. The minimum absolute atomic E-state index is 0.0243. The van der Waals surface area contributed by atoms with Gasteiger partial charge >= 0.3 is 5.97 Å². The predicted molar refractivity (Wildman–Crippen MR) is 152 cm³/mol. The quantitative estimate of drug-likeness (QED) is 0.416. The second-order valence-corrected chi connectivity index (χ2v) is 13.5. The number of hydrogen-bond donors (Lipinski definition) is 0. The third-order valence-electron chi connectivity index (χ3n) is 8.74. The maximum absolute atomic E-state index is 15.2. The summed E-state index contributed by atoms with van der Waals surface area (Å²) in [6.07, 6.45) is 3.67. The zero-order valence-electron chi connectivity index (χ0n) is 25.0. The minimum Gasteiger partial charge on any atom is -0.481 e. The zero-order chi connectivity index (χ0) is 29.7. The smallest absolute Gasteiger partial charge is 0.306 e. The van der Waals surface area contributed by atoms with E-state index in [-0.39, 0.29) is 53.6 Å². The fourth-order valence-corrected chi connectivity index (χ4v) is 6.77. The number of carbonyl (C=O) groups is 3. The van der Waals surface area contributed by atoms with Gasteiger partial charge in [-0.25, -0.2) is 9.37 Å². The maximum Gasteiger partial charge on any atom is 0.306 e. The van der Waals surface area contributed by atoms with E-state index in [1.807, 2.05) is 32.9 Å². The number of carbonyl (C=O) groups excluding carboxylic acids is 3. The standard InChI is InChI=1S/C33H41FN2O5/c1-32(2,3)41-28(38)18-19-14-22(15-19)31(39)36-12-10-25-23(7-8-27(35-25)40-6)30(36)26(37)17-20-13-21-9-11-33(4,5)29(21)24(34)16-20/h7-8,13,16,19,22,30H,9-12,14-15,17-18H2,1-6H3. The summed E-state index contributed by atoms with van der Waals surface area (Å²) in [5, 5.41) is 0. The van der Waals surface area contributed by atoms with E-state index >= 15 is 4.39 Å². The summed E-state index contributed by atoms with van der Waals surface area (Å²) in [7, 11) is 1.55. The van der Waals surface area contributed by atoms with Gasteiger partial charge in [0.25, 0.3) is 0 Å². The molecule has 1 aromatic carbocycles. The third kappa shape index (κ3) is 6.02. The number of rotatable bonds is 7. The van der Waals surface area contributed by atoms with E-state index in [1.165, 1.54) is 6.07 Å². The number of ketones is 1. The molecule has 1 aliphatic heterocycles. The Morgan fingerprint density at radius 3 is 2.54 bits per heavy atom. The molecule has 1 amide bonds. The van der Waals surface area contributed by atoms with Crippen LogP contribution in [0.5, 0.6) is 5.88 Å². The highest BCUT2D eigenvalue weighted by Gasteiger charge is 2.44. The number of halogens is 1. The van der Waals surface area contributed by atoms with Gasteiger partial charge in [0, 0.05) is 43.4 Å². The summed E-state index contributed by atoms with van der Waals surface area (Å²) in [6, 6.07) is 6.17. The van der Waals surface area contributed by atoms with E-state index in [4.69, 9.17) is 9.47 Å². The second-order valence-electron chi connectivity index (χ2n) is 13.5. The van der Waals surface area contributed by atoms with Crippen molar-refractivity contribution in [1.82, 2.24) is 9.88 Å². The highest BCUT2D eigenvalue weighted by Crippen LogP contribution is 2.43. The highest BCUT2D eigenvalue weighted by atomic mass is 19.1. The number of nitrogens with zero attached hydrogens (tertiary/aromatic N) is 2. The molecule has 0 bridgehead atoms. The van der Waals surface area contributed by atoms with Crippen LogP contribution in [0, 0.1) is 17.7 Å². The van der Waals surface area contributed by atoms with Gasteiger partial charge in [-0.1, -0.05) is 19.9 Å². The van der Waals surface area contributed by atoms with Gasteiger partial charge < -0.3 is 14.4 Å². The van der Waals surface area contributed by atoms with Crippen LogP contribution < -0.4 is 4.74 Å². The Bertz CT molecular complexity index is 1370. The van der Waals surface area contributed by atoms with Crippen LogP contribution in [0.25, 0.3) is 0 Å². The van der Waals surface area contributed by atoms with Crippen LogP contribution in [-0.4, -0.2) is 46.8 Å².